The first-order valence-corrected chi connectivity index (χ1v) is 9.03. The molecule has 0 saturated carbocycles. The molecular formula is C17H14ClF3N2O2S. The van der Waals surface area contributed by atoms with Gasteiger partial charge in [-0.2, -0.15) is 13.2 Å². The molecule has 0 amide bonds. The third kappa shape index (κ3) is 3.97. The highest BCUT2D eigenvalue weighted by molar-refractivity contribution is 8.07. The molecule has 0 bridgehead atoms. The highest BCUT2D eigenvalue weighted by Crippen LogP contribution is 2.47. The van der Waals surface area contributed by atoms with Crippen LogP contribution in [0.4, 0.5) is 13.2 Å². The van der Waals surface area contributed by atoms with Crippen LogP contribution < -0.4 is 0 Å². The van der Waals surface area contributed by atoms with Gasteiger partial charge in [-0.25, -0.2) is 4.98 Å². The fourth-order valence-corrected chi connectivity index (χ4v) is 3.72. The van der Waals surface area contributed by atoms with Crippen molar-refractivity contribution in [1.82, 2.24) is 9.97 Å². The van der Waals surface area contributed by atoms with E-state index in [0.29, 0.717) is 28.7 Å². The Labute approximate surface area is 157 Å². The minimum atomic E-state index is -4.53. The first-order chi connectivity index (χ1) is 12.4. The predicted molar refractivity (Wildman–Crippen MR) is 94.2 cm³/mol. The number of thioether (sulfide) groups is 1. The van der Waals surface area contributed by atoms with Gasteiger partial charge in [-0.05, 0) is 25.1 Å². The van der Waals surface area contributed by atoms with Gasteiger partial charge >= 0.3 is 6.18 Å². The van der Waals surface area contributed by atoms with Crippen molar-refractivity contribution in [2.24, 2.45) is 0 Å². The second-order valence-electron chi connectivity index (χ2n) is 5.24. The summed E-state index contributed by atoms with van der Waals surface area (Å²) in [4.78, 5) is 8.78. The topological polar surface area (TPSA) is 44.2 Å². The third-order valence-corrected chi connectivity index (χ3v) is 4.92. The maximum absolute atomic E-state index is 13.5. The number of aromatic nitrogens is 2. The van der Waals surface area contributed by atoms with E-state index in [1.165, 1.54) is 36.3 Å². The van der Waals surface area contributed by atoms with Crippen molar-refractivity contribution >= 4 is 34.0 Å². The van der Waals surface area contributed by atoms with Gasteiger partial charge in [0.15, 0.2) is 12.6 Å². The van der Waals surface area contributed by atoms with E-state index in [-0.39, 0.29) is 23.1 Å². The maximum Gasteiger partial charge on any atom is 0.417 e. The number of halogens is 4. The van der Waals surface area contributed by atoms with Crippen molar-refractivity contribution in [2.75, 3.05) is 13.4 Å². The number of hydrogen-bond acceptors (Lipinski definition) is 5. The molecule has 2 heterocycles. The zero-order chi connectivity index (χ0) is 18.7. The Bertz CT molecular complexity index is 843. The van der Waals surface area contributed by atoms with E-state index in [4.69, 9.17) is 21.1 Å². The lowest BCUT2D eigenvalue weighted by Crippen LogP contribution is -2.13. The second kappa shape index (κ2) is 7.85. The van der Waals surface area contributed by atoms with Gasteiger partial charge in [0, 0.05) is 35.3 Å². The van der Waals surface area contributed by atoms with Crippen LogP contribution >= 0.6 is 23.4 Å². The molecule has 0 fully saturated rings. The summed E-state index contributed by atoms with van der Waals surface area (Å²) in [5.41, 5.74) is 0.226. The third-order valence-electron chi connectivity index (χ3n) is 3.57. The first kappa shape index (κ1) is 19.0. The van der Waals surface area contributed by atoms with Crippen LogP contribution in [0.1, 0.15) is 29.4 Å². The SMILES string of the molecule is CCOCOC1=C(c2cc(Cl)ccc2C(F)(F)F)SCc2nccnc21. The van der Waals surface area contributed by atoms with Gasteiger partial charge in [-0.1, -0.05) is 11.6 Å². The number of benzene rings is 1. The van der Waals surface area contributed by atoms with Gasteiger partial charge in [0.25, 0.3) is 0 Å². The standard InChI is InChI=1S/C17H14ClF3N2O2S/c1-2-24-9-25-15-14-13(22-5-6-23-14)8-26-16(15)11-7-10(18)3-4-12(11)17(19,20)21/h3-7H,2,8-9H2,1H3. The molecule has 0 aliphatic carbocycles. The molecule has 138 valence electrons. The molecule has 0 radical (unpaired) electrons. The molecule has 9 heteroatoms. The predicted octanol–water partition coefficient (Wildman–Crippen LogP) is 5.23. The van der Waals surface area contributed by atoms with Crippen molar-refractivity contribution in [3.05, 3.63) is 58.1 Å². The summed E-state index contributed by atoms with van der Waals surface area (Å²) >= 11 is 7.17. The summed E-state index contributed by atoms with van der Waals surface area (Å²) in [7, 11) is 0. The largest absolute Gasteiger partial charge is 0.464 e. The van der Waals surface area contributed by atoms with E-state index in [9.17, 15) is 13.2 Å². The average Bonchev–Trinajstić information content (AvgIpc) is 2.61. The molecule has 1 aliphatic rings. The highest BCUT2D eigenvalue weighted by Gasteiger charge is 2.36. The molecule has 2 aromatic rings. The van der Waals surface area contributed by atoms with Crippen LogP contribution in [0.3, 0.4) is 0 Å². The van der Waals surface area contributed by atoms with Gasteiger partial charge in [-0.15, -0.1) is 11.8 Å². The van der Waals surface area contributed by atoms with Crippen molar-refractivity contribution in [2.45, 2.75) is 18.9 Å². The molecule has 1 aliphatic heterocycles. The molecule has 3 rings (SSSR count). The lowest BCUT2D eigenvalue weighted by molar-refractivity contribution is -0.137. The fourth-order valence-electron chi connectivity index (χ4n) is 2.45. The number of nitrogens with zero attached hydrogens (tertiary/aromatic N) is 2. The molecule has 26 heavy (non-hydrogen) atoms. The minimum absolute atomic E-state index is 0.0437. The van der Waals surface area contributed by atoms with Crippen molar-refractivity contribution in [1.29, 1.82) is 0 Å². The Balaban J connectivity index is 2.18. The van der Waals surface area contributed by atoms with Gasteiger partial charge in [0.1, 0.15) is 5.69 Å². The molecule has 0 atom stereocenters. The number of rotatable bonds is 5. The Morgan fingerprint density at radius 3 is 2.73 bits per heavy atom. The number of alkyl halides is 3. The van der Waals surface area contributed by atoms with E-state index in [1.54, 1.807) is 6.92 Å². The smallest absolute Gasteiger partial charge is 0.417 e. The highest BCUT2D eigenvalue weighted by atomic mass is 35.5. The van der Waals surface area contributed by atoms with Gasteiger partial charge in [0.05, 0.1) is 16.2 Å². The van der Waals surface area contributed by atoms with Crippen LogP contribution in [-0.2, 0) is 21.4 Å². The van der Waals surface area contributed by atoms with Gasteiger partial charge in [-0.3, -0.25) is 4.98 Å². The molecule has 0 saturated heterocycles. The van der Waals surface area contributed by atoms with E-state index >= 15 is 0 Å². The molecule has 1 aromatic heterocycles. The quantitative estimate of drug-likeness (QED) is 0.506. The Hall–Kier alpha value is -1.77. The molecular weight excluding hydrogens is 389 g/mol. The summed E-state index contributed by atoms with van der Waals surface area (Å²) in [6.07, 6.45) is -1.52. The number of ether oxygens (including phenoxy) is 2. The van der Waals surface area contributed by atoms with E-state index < -0.39 is 11.7 Å². The summed E-state index contributed by atoms with van der Waals surface area (Å²) in [6.45, 7) is 2.10. The Kier molecular flexibility index (Phi) is 5.74. The molecule has 4 nitrogen and oxygen atoms in total. The monoisotopic (exact) mass is 402 g/mol. The minimum Gasteiger partial charge on any atom is -0.464 e. The first-order valence-electron chi connectivity index (χ1n) is 7.66. The molecule has 1 aromatic carbocycles. The van der Waals surface area contributed by atoms with Gasteiger partial charge < -0.3 is 9.47 Å². The number of hydrogen-bond donors (Lipinski definition) is 0. The summed E-state index contributed by atoms with van der Waals surface area (Å²) < 4.78 is 51.3. The van der Waals surface area contributed by atoms with Crippen molar-refractivity contribution in [3.8, 4) is 0 Å². The summed E-state index contributed by atoms with van der Waals surface area (Å²) in [6, 6.07) is 3.48. The molecule has 0 unspecified atom stereocenters. The number of fused-ring (bicyclic) bond motifs is 1. The normalized spacial score (nSPS) is 14.3. The van der Waals surface area contributed by atoms with Crippen LogP contribution in [0, 0.1) is 0 Å². The lowest BCUT2D eigenvalue weighted by atomic mass is 10.0. The zero-order valence-electron chi connectivity index (χ0n) is 13.6. The van der Waals surface area contributed by atoms with Crippen LogP contribution in [0.2, 0.25) is 5.02 Å². The van der Waals surface area contributed by atoms with E-state index in [2.05, 4.69) is 9.97 Å². The maximum atomic E-state index is 13.5. The lowest BCUT2D eigenvalue weighted by Gasteiger charge is -2.23. The van der Waals surface area contributed by atoms with Crippen LogP contribution in [0.5, 0.6) is 0 Å². The van der Waals surface area contributed by atoms with E-state index in [0.717, 1.165) is 6.07 Å². The van der Waals surface area contributed by atoms with Crippen LogP contribution in [0.25, 0.3) is 10.7 Å². The van der Waals surface area contributed by atoms with Crippen molar-refractivity contribution in [3.63, 3.8) is 0 Å². The van der Waals surface area contributed by atoms with Crippen LogP contribution in [0.15, 0.2) is 30.6 Å². The zero-order valence-corrected chi connectivity index (χ0v) is 15.2. The Morgan fingerprint density at radius 1 is 1.23 bits per heavy atom. The van der Waals surface area contributed by atoms with E-state index in [1.807, 2.05) is 0 Å². The van der Waals surface area contributed by atoms with Gasteiger partial charge in [0.2, 0.25) is 0 Å². The average molecular weight is 403 g/mol. The van der Waals surface area contributed by atoms with Crippen LogP contribution in [-0.4, -0.2) is 23.4 Å². The second-order valence-corrected chi connectivity index (χ2v) is 6.66. The Morgan fingerprint density at radius 2 is 2.00 bits per heavy atom. The summed E-state index contributed by atoms with van der Waals surface area (Å²) in [5.74, 6) is 0.592. The van der Waals surface area contributed by atoms with Crippen molar-refractivity contribution < 1.29 is 22.6 Å². The fraction of sp³-hybridized carbons (Fsp3) is 0.294. The molecule has 0 spiro atoms. The summed E-state index contributed by atoms with van der Waals surface area (Å²) in [5, 5.41) is 0.204. The molecule has 0 N–H and O–H groups in total.